The largest absolute Gasteiger partial charge is 0.455 e. The number of hydrogen-bond donors (Lipinski definition) is 0. The van der Waals surface area contributed by atoms with Gasteiger partial charge in [-0.05, 0) is 82.3 Å². The summed E-state index contributed by atoms with van der Waals surface area (Å²) in [4.78, 5) is 6.07. The highest BCUT2D eigenvalue weighted by Crippen LogP contribution is 2.43. The van der Waals surface area contributed by atoms with Crippen molar-refractivity contribution in [3.05, 3.63) is 89.6 Å². The Morgan fingerprint density at radius 3 is 2.51 bits per heavy atom. The zero-order chi connectivity index (χ0) is 25.9. The maximum absolute atomic E-state index is 6.53. The Labute approximate surface area is 223 Å². The van der Waals surface area contributed by atoms with E-state index in [1.54, 1.807) is 0 Å². The van der Waals surface area contributed by atoms with Crippen LogP contribution in [0.5, 0.6) is 0 Å². The molecule has 3 heteroatoms. The first kappa shape index (κ1) is 23.9. The first-order chi connectivity index (χ1) is 17.7. The van der Waals surface area contributed by atoms with Gasteiger partial charge in [0, 0.05) is 22.0 Å². The van der Waals surface area contributed by atoms with E-state index in [9.17, 15) is 0 Å². The second-order valence-electron chi connectivity index (χ2n) is 11.7. The number of furan rings is 1. The summed E-state index contributed by atoms with van der Waals surface area (Å²) in [5, 5.41) is 4.92. The number of hydrogen-bond acceptors (Lipinski definition) is 3. The van der Waals surface area contributed by atoms with E-state index in [-0.39, 0.29) is 5.41 Å². The van der Waals surface area contributed by atoms with Gasteiger partial charge in [-0.2, -0.15) is 0 Å². The molecule has 0 spiro atoms. The van der Waals surface area contributed by atoms with Crippen LogP contribution in [0.1, 0.15) is 51.3 Å². The van der Waals surface area contributed by atoms with Crippen molar-refractivity contribution in [3.8, 4) is 21.9 Å². The third-order valence-corrected chi connectivity index (χ3v) is 8.33. The van der Waals surface area contributed by atoms with Crippen LogP contribution < -0.4 is 0 Å². The number of nitrogens with zero attached hydrogens (tertiary/aromatic N) is 1. The maximum Gasteiger partial charge on any atom is 0.148 e. The van der Waals surface area contributed by atoms with E-state index in [2.05, 4.69) is 102 Å². The Hall–Kier alpha value is -3.43. The normalized spacial score (nSPS) is 12.4. The molecule has 6 aromatic rings. The quantitative estimate of drug-likeness (QED) is 0.239. The van der Waals surface area contributed by atoms with Gasteiger partial charge in [0.15, 0.2) is 0 Å². The van der Waals surface area contributed by atoms with E-state index in [0.717, 1.165) is 40.0 Å². The number of fused-ring (bicyclic) bond motifs is 3. The zero-order valence-corrected chi connectivity index (χ0v) is 23.3. The van der Waals surface area contributed by atoms with Crippen molar-refractivity contribution in [2.24, 2.45) is 5.92 Å². The molecule has 2 nitrogen and oxygen atoms in total. The van der Waals surface area contributed by atoms with Crippen LogP contribution in [0, 0.1) is 12.8 Å². The summed E-state index contributed by atoms with van der Waals surface area (Å²) in [5.74, 6) is 1.60. The number of benzene rings is 3. The van der Waals surface area contributed by atoms with Gasteiger partial charge in [-0.25, -0.2) is 0 Å². The van der Waals surface area contributed by atoms with Crippen LogP contribution in [0.15, 0.2) is 77.3 Å². The lowest BCUT2D eigenvalue weighted by Crippen LogP contribution is -2.12. The van der Waals surface area contributed by atoms with Crippen LogP contribution in [0.2, 0.25) is 0 Å². The van der Waals surface area contributed by atoms with Crippen LogP contribution in [0.25, 0.3) is 53.7 Å². The minimum absolute atomic E-state index is 0.0195. The van der Waals surface area contributed by atoms with Gasteiger partial charge in [-0.1, -0.05) is 71.0 Å². The van der Waals surface area contributed by atoms with Crippen molar-refractivity contribution < 1.29 is 4.42 Å². The Kier molecular flexibility index (Phi) is 5.72. The lowest BCUT2D eigenvalue weighted by Gasteiger charge is -2.22. The third kappa shape index (κ3) is 4.26. The lowest BCUT2D eigenvalue weighted by atomic mass is 9.82. The molecule has 37 heavy (non-hydrogen) atoms. The van der Waals surface area contributed by atoms with E-state index >= 15 is 0 Å². The molecule has 0 aliphatic heterocycles. The standard InChI is InChI=1S/C34H33NOS/c1-20(2)15-22-11-12-24-19-30(37-29(24)16-22)33-21(3)31-28(36-33)13-14-35-32(31)25-17-23-9-7-8-10-26(23)27(18-25)34(4,5)6/h7-14,16-20H,15H2,1-6H3. The molecule has 0 saturated carbocycles. The Morgan fingerprint density at radius 1 is 0.919 bits per heavy atom. The van der Waals surface area contributed by atoms with Gasteiger partial charge in [0.1, 0.15) is 11.3 Å². The fraction of sp³-hybridized carbons (Fsp3) is 0.265. The highest BCUT2D eigenvalue weighted by atomic mass is 32.1. The van der Waals surface area contributed by atoms with E-state index in [0.29, 0.717) is 5.92 Å². The van der Waals surface area contributed by atoms with Crippen molar-refractivity contribution in [1.29, 1.82) is 0 Å². The molecule has 0 aliphatic carbocycles. The Balaban J connectivity index is 1.52. The maximum atomic E-state index is 6.53. The molecule has 0 saturated heterocycles. The molecule has 0 bridgehead atoms. The van der Waals surface area contributed by atoms with E-state index in [4.69, 9.17) is 9.40 Å². The summed E-state index contributed by atoms with van der Waals surface area (Å²) >= 11 is 1.82. The van der Waals surface area contributed by atoms with Crippen molar-refractivity contribution in [1.82, 2.24) is 4.98 Å². The number of thiophene rings is 1. The predicted octanol–water partition coefficient (Wildman–Crippen LogP) is 10.3. The third-order valence-electron chi connectivity index (χ3n) is 7.24. The Morgan fingerprint density at radius 2 is 1.73 bits per heavy atom. The summed E-state index contributed by atoms with van der Waals surface area (Å²) in [5.41, 5.74) is 6.92. The van der Waals surface area contributed by atoms with Crippen molar-refractivity contribution >= 4 is 43.2 Å². The van der Waals surface area contributed by atoms with Crippen LogP contribution >= 0.6 is 11.3 Å². The number of rotatable bonds is 4. The lowest BCUT2D eigenvalue weighted by molar-refractivity contribution is 0.596. The smallest absolute Gasteiger partial charge is 0.148 e. The van der Waals surface area contributed by atoms with Gasteiger partial charge < -0.3 is 4.42 Å². The molecule has 0 amide bonds. The van der Waals surface area contributed by atoms with E-state index in [1.807, 2.05) is 23.6 Å². The fourth-order valence-corrected chi connectivity index (χ4v) is 6.66. The molecule has 0 radical (unpaired) electrons. The Bertz CT molecular complexity index is 1780. The molecule has 0 fully saturated rings. The molecule has 0 N–H and O–H groups in total. The molecule has 3 aromatic carbocycles. The molecule has 3 aromatic heterocycles. The van der Waals surface area contributed by atoms with Crippen molar-refractivity contribution in [2.45, 2.75) is 53.4 Å². The predicted molar refractivity (Wildman–Crippen MR) is 160 cm³/mol. The first-order valence-corrected chi connectivity index (χ1v) is 14.0. The first-order valence-electron chi connectivity index (χ1n) is 13.1. The SMILES string of the molecule is Cc1c(-c2cc3ccc(CC(C)C)cc3s2)oc2ccnc(-c3cc(C(C)(C)C)c4ccccc4c3)c12. The van der Waals surface area contributed by atoms with Crippen LogP contribution in [-0.4, -0.2) is 4.98 Å². The van der Waals surface area contributed by atoms with Crippen molar-refractivity contribution in [3.63, 3.8) is 0 Å². The second kappa shape index (κ2) is 8.85. The summed E-state index contributed by atoms with van der Waals surface area (Å²) in [6.07, 6.45) is 2.98. The number of pyridine rings is 1. The van der Waals surface area contributed by atoms with Gasteiger partial charge in [0.2, 0.25) is 0 Å². The summed E-state index contributed by atoms with van der Waals surface area (Å²) in [6.45, 7) is 13.6. The van der Waals surface area contributed by atoms with Crippen LogP contribution in [0.3, 0.4) is 0 Å². The van der Waals surface area contributed by atoms with Crippen LogP contribution in [-0.2, 0) is 11.8 Å². The summed E-state index contributed by atoms with van der Waals surface area (Å²) in [6, 6.07) is 24.4. The van der Waals surface area contributed by atoms with Gasteiger partial charge in [0.25, 0.3) is 0 Å². The molecule has 0 aliphatic rings. The molecular formula is C34H33NOS. The topological polar surface area (TPSA) is 26.0 Å². The van der Waals surface area contributed by atoms with E-state index in [1.165, 1.54) is 36.9 Å². The molecule has 0 unspecified atom stereocenters. The molecule has 0 atom stereocenters. The summed E-state index contributed by atoms with van der Waals surface area (Å²) < 4.78 is 7.84. The average Bonchev–Trinajstić information content (AvgIpc) is 3.43. The second-order valence-corrected chi connectivity index (χ2v) is 12.7. The van der Waals surface area contributed by atoms with Gasteiger partial charge >= 0.3 is 0 Å². The summed E-state index contributed by atoms with van der Waals surface area (Å²) in [7, 11) is 0. The minimum atomic E-state index is 0.0195. The van der Waals surface area contributed by atoms with Gasteiger partial charge in [-0.15, -0.1) is 11.3 Å². The van der Waals surface area contributed by atoms with E-state index < -0.39 is 0 Å². The molecule has 6 rings (SSSR count). The number of aromatic nitrogens is 1. The molecule has 3 heterocycles. The van der Waals surface area contributed by atoms with Gasteiger partial charge in [-0.3, -0.25) is 4.98 Å². The minimum Gasteiger partial charge on any atom is -0.455 e. The highest BCUT2D eigenvalue weighted by molar-refractivity contribution is 7.22. The zero-order valence-electron chi connectivity index (χ0n) is 22.5. The monoisotopic (exact) mass is 503 g/mol. The van der Waals surface area contributed by atoms with Gasteiger partial charge in [0.05, 0.1) is 16.0 Å². The average molecular weight is 504 g/mol. The number of aryl methyl sites for hydroxylation is 1. The molecule has 186 valence electrons. The highest BCUT2D eigenvalue weighted by Gasteiger charge is 2.22. The van der Waals surface area contributed by atoms with Crippen LogP contribution in [0.4, 0.5) is 0 Å². The molecular weight excluding hydrogens is 470 g/mol. The fourth-order valence-electron chi connectivity index (χ4n) is 5.50. The van der Waals surface area contributed by atoms with Crippen molar-refractivity contribution in [2.75, 3.05) is 0 Å².